The molecule has 1 fully saturated rings. The summed E-state index contributed by atoms with van der Waals surface area (Å²) in [5, 5.41) is 2.86. The number of amides is 2. The largest absolute Gasteiger partial charge is 0.398 e. The van der Waals surface area contributed by atoms with E-state index in [9.17, 15) is 9.59 Å². The van der Waals surface area contributed by atoms with Crippen LogP contribution in [-0.4, -0.2) is 42.1 Å². The van der Waals surface area contributed by atoms with Crippen LogP contribution in [0.5, 0.6) is 0 Å². The van der Waals surface area contributed by atoms with Crippen molar-refractivity contribution >= 4 is 45.2 Å². The fourth-order valence-electron chi connectivity index (χ4n) is 1.71. The van der Waals surface area contributed by atoms with Crippen LogP contribution in [0.25, 0.3) is 0 Å². The molecule has 7 heteroatoms. The Hall–Kier alpha value is -1.21. The van der Waals surface area contributed by atoms with Gasteiger partial charge in [-0.2, -0.15) is 0 Å². The van der Waals surface area contributed by atoms with E-state index in [1.165, 1.54) is 16.7 Å². The van der Waals surface area contributed by atoms with Gasteiger partial charge in [0.1, 0.15) is 0 Å². The van der Waals surface area contributed by atoms with Crippen molar-refractivity contribution in [1.82, 2.24) is 10.2 Å². The molecule has 114 valence electrons. The minimum absolute atomic E-state index is 0.0896. The van der Waals surface area contributed by atoms with Crippen molar-refractivity contribution in [2.75, 3.05) is 25.1 Å². The van der Waals surface area contributed by atoms with Crippen molar-refractivity contribution in [1.29, 1.82) is 0 Å². The van der Waals surface area contributed by atoms with Crippen molar-refractivity contribution in [3.63, 3.8) is 0 Å². The molecule has 1 saturated carbocycles. The lowest BCUT2D eigenvalue weighted by molar-refractivity contribution is -0.132. The highest BCUT2D eigenvalue weighted by atomic mass is 79.9. The van der Waals surface area contributed by atoms with Gasteiger partial charge in [0.05, 0.1) is 12.3 Å². The maximum absolute atomic E-state index is 12.0. The lowest BCUT2D eigenvalue weighted by Gasteiger charge is -2.16. The number of hydrogen-bond acceptors (Lipinski definition) is 4. The lowest BCUT2D eigenvalue weighted by atomic mass is 10.3. The second kappa shape index (κ2) is 7.17. The first-order valence-corrected chi connectivity index (χ1v) is 8.44. The standard InChI is InChI=1S/C14H18BrN3O2S/c1-18(7-13(19)17-10-3-4-10)14(20)8-21-12-5-2-9(15)6-11(12)16/h2,5-6,10H,3-4,7-8,16H2,1H3,(H,17,19). The maximum Gasteiger partial charge on any atom is 0.239 e. The van der Waals surface area contributed by atoms with Crippen molar-refractivity contribution in [2.45, 2.75) is 23.8 Å². The summed E-state index contributed by atoms with van der Waals surface area (Å²) in [6.07, 6.45) is 2.09. The normalized spacial score (nSPS) is 13.8. The molecule has 0 spiro atoms. The van der Waals surface area contributed by atoms with Gasteiger partial charge in [-0.05, 0) is 31.0 Å². The zero-order valence-electron chi connectivity index (χ0n) is 11.8. The number of nitrogens with one attached hydrogen (secondary N) is 1. The Labute approximate surface area is 136 Å². The van der Waals surface area contributed by atoms with Crippen LogP contribution in [0.1, 0.15) is 12.8 Å². The Morgan fingerprint density at radius 2 is 2.19 bits per heavy atom. The van der Waals surface area contributed by atoms with Gasteiger partial charge in [0, 0.05) is 28.1 Å². The summed E-state index contributed by atoms with van der Waals surface area (Å²) in [5.74, 6) is 0.0775. The van der Waals surface area contributed by atoms with Crippen LogP contribution < -0.4 is 11.1 Å². The Morgan fingerprint density at radius 1 is 1.48 bits per heavy atom. The molecule has 0 heterocycles. The number of anilines is 1. The summed E-state index contributed by atoms with van der Waals surface area (Å²) in [6.45, 7) is 0.103. The number of benzene rings is 1. The third-order valence-electron chi connectivity index (χ3n) is 3.07. The minimum Gasteiger partial charge on any atom is -0.398 e. The van der Waals surface area contributed by atoms with Crippen LogP contribution in [0.15, 0.2) is 27.6 Å². The smallest absolute Gasteiger partial charge is 0.239 e. The number of thioether (sulfide) groups is 1. The highest BCUT2D eigenvalue weighted by molar-refractivity contribution is 9.10. The summed E-state index contributed by atoms with van der Waals surface area (Å²) in [5.41, 5.74) is 6.52. The van der Waals surface area contributed by atoms with Gasteiger partial charge in [0.2, 0.25) is 11.8 Å². The molecule has 0 bridgehead atoms. The first-order chi connectivity index (χ1) is 9.95. The van der Waals surface area contributed by atoms with Gasteiger partial charge in [0.25, 0.3) is 0 Å². The first-order valence-electron chi connectivity index (χ1n) is 6.67. The van der Waals surface area contributed by atoms with Gasteiger partial charge in [-0.25, -0.2) is 0 Å². The maximum atomic E-state index is 12.0. The molecular formula is C14H18BrN3O2S. The van der Waals surface area contributed by atoms with Gasteiger partial charge >= 0.3 is 0 Å². The van der Waals surface area contributed by atoms with Gasteiger partial charge < -0.3 is 16.0 Å². The minimum atomic E-state index is -0.0958. The molecule has 0 saturated heterocycles. The van der Waals surface area contributed by atoms with E-state index in [4.69, 9.17) is 5.73 Å². The number of rotatable bonds is 6. The number of likely N-dealkylation sites (N-methyl/N-ethyl adjacent to an activating group) is 1. The molecule has 5 nitrogen and oxygen atoms in total. The average Bonchev–Trinajstić information content (AvgIpc) is 3.21. The molecule has 21 heavy (non-hydrogen) atoms. The number of halogens is 1. The number of nitrogens with two attached hydrogens (primary N) is 1. The molecule has 1 aliphatic carbocycles. The Balaban J connectivity index is 1.78. The highest BCUT2D eigenvalue weighted by Crippen LogP contribution is 2.27. The fourth-order valence-corrected chi connectivity index (χ4v) is 2.97. The molecule has 2 rings (SSSR count). The molecule has 0 aromatic heterocycles. The molecule has 0 radical (unpaired) electrons. The van der Waals surface area contributed by atoms with Crippen LogP contribution in [0.4, 0.5) is 5.69 Å². The average molecular weight is 372 g/mol. The van der Waals surface area contributed by atoms with E-state index in [-0.39, 0.29) is 24.1 Å². The molecule has 0 aliphatic heterocycles. The van der Waals surface area contributed by atoms with Crippen molar-refractivity contribution in [3.8, 4) is 0 Å². The predicted octanol–water partition coefficient (Wildman–Crippen LogP) is 1.86. The summed E-state index contributed by atoms with van der Waals surface area (Å²) < 4.78 is 0.907. The van der Waals surface area contributed by atoms with Gasteiger partial charge in [0.15, 0.2) is 0 Å². The summed E-state index contributed by atoms with van der Waals surface area (Å²) >= 11 is 4.72. The summed E-state index contributed by atoms with van der Waals surface area (Å²) in [4.78, 5) is 26.0. The fraction of sp³-hybridized carbons (Fsp3) is 0.429. The SMILES string of the molecule is CN(CC(=O)NC1CC1)C(=O)CSc1ccc(Br)cc1N. The number of carbonyl (C=O) groups is 2. The molecule has 3 N–H and O–H groups in total. The molecule has 1 aromatic carbocycles. The number of nitrogens with zero attached hydrogens (tertiary/aromatic N) is 1. The summed E-state index contributed by atoms with van der Waals surface area (Å²) in [7, 11) is 1.64. The van der Waals surface area contributed by atoms with Crippen molar-refractivity contribution in [3.05, 3.63) is 22.7 Å². The van der Waals surface area contributed by atoms with Gasteiger partial charge in [-0.15, -0.1) is 11.8 Å². The van der Waals surface area contributed by atoms with E-state index in [0.717, 1.165) is 22.2 Å². The Kier molecular flexibility index (Phi) is 5.52. The zero-order chi connectivity index (χ0) is 15.4. The van der Waals surface area contributed by atoms with Crippen LogP contribution in [-0.2, 0) is 9.59 Å². The lowest BCUT2D eigenvalue weighted by Crippen LogP contribution is -2.39. The van der Waals surface area contributed by atoms with Gasteiger partial charge in [-0.1, -0.05) is 15.9 Å². The highest BCUT2D eigenvalue weighted by Gasteiger charge is 2.24. The summed E-state index contributed by atoms with van der Waals surface area (Å²) in [6, 6.07) is 5.88. The van der Waals surface area contributed by atoms with E-state index in [1.54, 1.807) is 13.1 Å². The Bertz CT molecular complexity index is 549. The van der Waals surface area contributed by atoms with Gasteiger partial charge in [-0.3, -0.25) is 9.59 Å². The van der Waals surface area contributed by atoms with Crippen molar-refractivity contribution in [2.24, 2.45) is 0 Å². The molecule has 0 atom stereocenters. The quantitative estimate of drug-likeness (QED) is 0.591. The monoisotopic (exact) mass is 371 g/mol. The molecule has 0 unspecified atom stereocenters. The molecule has 2 amide bonds. The number of nitrogen functional groups attached to an aromatic ring is 1. The van der Waals surface area contributed by atoms with E-state index in [0.29, 0.717) is 11.7 Å². The first kappa shape index (κ1) is 16.2. The predicted molar refractivity (Wildman–Crippen MR) is 88.1 cm³/mol. The zero-order valence-corrected chi connectivity index (χ0v) is 14.2. The topological polar surface area (TPSA) is 75.4 Å². The number of carbonyl (C=O) groups excluding carboxylic acids is 2. The van der Waals surface area contributed by atoms with E-state index in [1.807, 2.05) is 12.1 Å². The van der Waals surface area contributed by atoms with Crippen LogP contribution in [0.2, 0.25) is 0 Å². The van der Waals surface area contributed by atoms with E-state index in [2.05, 4.69) is 21.2 Å². The van der Waals surface area contributed by atoms with Crippen molar-refractivity contribution < 1.29 is 9.59 Å². The van der Waals surface area contributed by atoms with E-state index < -0.39 is 0 Å². The van der Waals surface area contributed by atoms with Crippen LogP contribution in [0, 0.1) is 0 Å². The second-order valence-corrected chi connectivity index (χ2v) is 7.00. The molecule has 1 aliphatic rings. The third kappa shape index (κ3) is 5.24. The van der Waals surface area contributed by atoms with Crippen LogP contribution in [0.3, 0.4) is 0 Å². The molecule has 1 aromatic rings. The van der Waals surface area contributed by atoms with E-state index >= 15 is 0 Å². The number of hydrogen-bond donors (Lipinski definition) is 2. The third-order valence-corrected chi connectivity index (χ3v) is 4.64. The molecular weight excluding hydrogens is 354 g/mol. The Morgan fingerprint density at radius 3 is 2.81 bits per heavy atom. The van der Waals surface area contributed by atoms with Crippen LogP contribution >= 0.6 is 27.7 Å². The second-order valence-electron chi connectivity index (χ2n) is 5.06.